The summed E-state index contributed by atoms with van der Waals surface area (Å²) in [6.07, 6.45) is 1.17. The number of anilines is 2. The summed E-state index contributed by atoms with van der Waals surface area (Å²) in [5.74, 6) is -0.372. The molecule has 1 aromatic heterocycles. The molecule has 1 aliphatic rings. The van der Waals surface area contributed by atoms with E-state index in [1.165, 1.54) is 26.2 Å². The third-order valence-corrected chi connectivity index (χ3v) is 5.35. The van der Waals surface area contributed by atoms with Crippen LogP contribution >= 0.6 is 0 Å². The topological polar surface area (TPSA) is 84.0 Å². The van der Waals surface area contributed by atoms with Crippen LogP contribution in [0.2, 0.25) is 0 Å². The van der Waals surface area contributed by atoms with Crippen molar-refractivity contribution in [2.24, 2.45) is 0 Å². The highest BCUT2D eigenvalue weighted by Crippen LogP contribution is 2.31. The van der Waals surface area contributed by atoms with Gasteiger partial charge in [0.15, 0.2) is 0 Å². The maximum Gasteiger partial charge on any atom is 0.388 e. The molecule has 10 heteroatoms. The largest absolute Gasteiger partial charge is 0.481 e. The summed E-state index contributed by atoms with van der Waals surface area (Å²) < 4.78 is 35.2. The van der Waals surface area contributed by atoms with E-state index in [4.69, 9.17) is 4.74 Å². The average Bonchev–Trinajstić information content (AvgIpc) is 2.76. The standard InChI is InChI=1S/C22H26F2N4O4/c1-14-6-4-5-7-18(14)28(16-10-12-27(13-11-16)15(2)29)22(30)25-17-8-9-19(31-3)26-20(17)32-21(23)24/h4-9,16,21H,10-13H2,1-3H3,(H,25,30). The number of methoxy groups -OCH3 is 1. The number of para-hydroxylation sites is 1. The number of nitrogens with one attached hydrogen (secondary N) is 1. The lowest BCUT2D eigenvalue weighted by Gasteiger charge is -2.38. The molecule has 3 rings (SSSR count). The fraction of sp³-hybridized carbons (Fsp3) is 0.409. The molecule has 1 N–H and O–H groups in total. The zero-order valence-electron chi connectivity index (χ0n) is 18.2. The summed E-state index contributed by atoms with van der Waals surface area (Å²) in [7, 11) is 1.35. The van der Waals surface area contributed by atoms with E-state index in [9.17, 15) is 18.4 Å². The molecule has 2 heterocycles. The van der Waals surface area contributed by atoms with Gasteiger partial charge in [-0.05, 0) is 37.5 Å². The number of nitrogens with zero attached hydrogens (tertiary/aromatic N) is 3. The Hall–Kier alpha value is -3.43. The molecule has 1 saturated heterocycles. The fourth-order valence-electron chi connectivity index (χ4n) is 3.73. The normalized spacial score (nSPS) is 14.2. The van der Waals surface area contributed by atoms with Crippen molar-refractivity contribution in [2.45, 2.75) is 39.3 Å². The van der Waals surface area contributed by atoms with Crippen molar-refractivity contribution in [3.8, 4) is 11.8 Å². The van der Waals surface area contributed by atoms with Gasteiger partial charge in [-0.25, -0.2) is 4.79 Å². The van der Waals surface area contributed by atoms with Gasteiger partial charge in [0.05, 0.1) is 7.11 Å². The van der Waals surface area contributed by atoms with Crippen LogP contribution in [0.3, 0.4) is 0 Å². The van der Waals surface area contributed by atoms with E-state index in [0.717, 1.165) is 5.56 Å². The average molecular weight is 448 g/mol. The zero-order valence-corrected chi connectivity index (χ0v) is 18.2. The lowest BCUT2D eigenvalue weighted by molar-refractivity contribution is -0.129. The second kappa shape index (κ2) is 10.3. The van der Waals surface area contributed by atoms with Crippen LogP contribution in [0.15, 0.2) is 36.4 Å². The number of aromatic nitrogens is 1. The number of likely N-dealkylation sites (tertiary alicyclic amines) is 1. The number of hydrogen-bond donors (Lipinski definition) is 1. The lowest BCUT2D eigenvalue weighted by atomic mass is 10.0. The molecule has 0 radical (unpaired) electrons. The molecule has 1 aliphatic heterocycles. The molecule has 0 aliphatic carbocycles. The molecule has 0 unspecified atom stereocenters. The van der Waals surface area contributed by atoms with Gasteiger partial charge in [0, 0.05) is 37.8 Å². The van der Waals surface area contributed by atoms with Gasteiger partial charge in [0.2, 0.25) is 17.7 Å². The first kappa shape index (κ1) is 23.2. The van der Waals surface area contributed by atoms with Gasteiger partial charge in [-0.3, -0.25) is 9.69 Å². The first-order valence-electron chi connectivity index (χ1n) is 10.2. The van der Waals surface area contributed by atoms with Gasteiger partial charge >= 0.3 is 12.6 Å². The summed E-state index contributed by atoms with van der Waals surface area (Å²) in [5.41, 5.74) is 1.58. The van der Waals surface area contributed by atoms with E-state index >= 15 is 0 Å². The predicted molar refractivity (Wildman–Crippen MR) is 115 cm³/mol. The van der Waals surface area contributed by atoms with Crippen LogP contribution in [0, 0.1) is 6.92 Å². The minimum absolute atomic E-state index is 0.00384. The Bertz CT molecular complexity index is 965. The van der Waals surface area contributed by atoms with Crippen LogP contribution in [-0.4, -0.2) is 54.7 Å². The van der Waals surface area contributed by atoms with Crippen molar-refractivity contribution < 1.29 is 27.8 Å². The molecule has 2 aromatic rings. The van der Waals surface area contributed by atoms with Crippen LogP contribution in [-0.2, 0) is 4.79 Å². The smallest absolute Gasteiger partial charge is 0.388 e. The lowest BCUT2D eigenvalue weighted by Crippen LogP contribution is -2.50. The van der Waals surface area contributed by atoms with E-state index in [1.807, 2.05) is 31.2 Å². The third-order valence-electron chi connectivity index (χ3n) is 5.35. The summed E-state index contributed by atoms with van der Waals surface area (Å²) >= 11 is 0. The Labute approximate surface area is 185 Å². The van der Waals surface area contributed by atoms with E-state index in [-0.39, 0.29) is 23.5 Å². The molecule has 3 amide bonds. The SMILES string of the molecule is COc1ccc(NC(=O)N(c2ccccc2C)C2CCN(C(C)=O)CC2)c(OC(F)F)n1. The molecule has 0 bridgehead atoms. The molecule has 1 aromatic carbocycles. The first-order valence-corrected chi connectivity index (χ1v) is 10.2. The van der Waals surface area contributed by atoms with Crippen LogP contribution in [0.5, 0.6) is 11.8 Å². The first-order chi connectivity index (χ1) is 15.3. The van der Waals surface area contributed by atoms with E-state index in [1.54, 1.807) is 9.80 Å². The maximum absolute atomic E-state index is 13.4. The Morgan fingerprint density at radius 3 is 2.47 bits per heavy atom. The Kier molecular flexibility index (Phi) is 7.45. The molecule has 8 nitrogen and oxygen atoms in total. The Morgan fingerprint density at radius 2 is 1.88 bits per heavy atom. The highest BCUT2D eigenvalue weighted by molar-refractivity contribution is 6.03. The Balaban J connectivity index is 1.90. The van der Waals surface area contributed by atoms with Gasteiger partial charge in [0.25, 0.3) is 0 Å². The number of rotatable bonds is 6. The number of aryl methyl sites for hydroxylation is 1. The molecule has 32 heavy (non-hydrogen) atoms. The number of urea groups is 1. The van der Waals surface area contributed by atoms with Crippen molar-refractivity contribution in [1.29, 1.82) is 0 Å². The van der Waals surface area contributed by atoms with Crippen molar-refractivity contribution in [3.63, 3.8) is 0 Å². The molecular formula is C22H26F2N4O4. The number of halogens is 2. The quantitative estimate of drug-likeness (QED) is 0.721. The van der Waals surface area contributed by atoms with E-state index < -0.39 is 18.5 Å². The number of ether oxygens (including phenoxy) is 2. The number of carbonyl (C=O) groups is 2. The summed E-state index contributed by atoms with van der Waals surface area (Å²) in [6, 6.07) is 9.56. The number of benzene rings is 1. The van der Waals surface area contributed by atoms with Gasteiger partial charge in [-0.2, -0.15) is 13.8 Å². The van der Waals surface area contributed by atoms with E-state index in [0.29, 0.717) is 31.6 Å². The maximum atomic E-state index is 13.4. The van der Waals surface area contributed by atoms with Crippen molar-refractivity contribution in [3.05, 3.63) is 42.0 Å². The van der Waals surface area contributed by atoms with Crippen molar-refractivity contribution >= 4 is 23.3 Å². The van der Waals surface area contributed by atoms with Crippen LogP contribution < -0.4 is 19.7 Å². The van der Waals surface area contributed by atoms with Gasteiger partial charge < -0.3 is 19.7 Å². The Morgan fingerprint density at radius 1 is 1.19 bits per heavy atom. The summed E-state index contributed by atoms with van der Waals surface area (Å²) in [6.45, 7) is 1.35. The molecular weight excluding hydrogens is 422 g/mol. The fourth-order valence-corrected chi connectivity index (χ4v) is 3.73. The minimum atomic E-state index is -3.12. The summed E-state index contributed by atoms with van der Waals surface area (Å²) in [5, 5.41) is 2.65. The number of piperidine rings is 1. The van der Waals surface area contributed by atoms with E-state index in [2.05, 4.69) is 15.0 Å². The van der Waals surface area contributed by atoms with Crippen molar-refractivity contribution in [1.82, 2.24) is 9.88 Å². The van der Waals surface area contributed by atoms with Gasteiger partial charge in [-0.1, -0.05) is 18.2 Å². The monoisotopic (exact) mass is 448 g/mol. The molecule has 172 valence electrons. The number of amides is 3. The van der Waals surface area contributed by atoms with Gasteiger partial charge in [0.1, 0.15) is 5.69 Å². The predicted octanol–water partition coefficient (Wildman–Crippen LogP) is 4.05. The summed E-state index contributed by atoms with van der Waals surface area (Å²) in [4.78, 5) is 32.3. The number of hydrogen-bond acceptors (Lipinski definition) is 5. The zero-order chi connectivity index (χ0) is 23.3. The second-order valence-electron chi connectivity index (χ2n) is 7.41. The molecule has 0 atom stereocenters. The van der Waals surface area contributed by atoms with Crippen LogP contribution in [0.4, 0.5) is 25.0 Å². The second-order valence-corrected chi connectivity index (χ2v) is 7.41. The molecule has 0 spiro atoms. The highest BCUT2D eigenvalue weighted by Gasteiger charge is 2.31. The minimum Gasteiger partial charge on any atom is -0.481 e. The third kappa shape index (κ3) is 5.43. The number of pyridine rings is 1. The van der Waals surface area contributed by atoms with Crippen molar-refractivity contribution in [2.75, 3.05) is 30.4 Å². The van der Waals surface area contributed by atoms with Crippen LogP contribution in [0.1, 0.15) is 25.3 Å². The highest BCUT2D eigenvalue weighted by atomic mass is 19.3. The number of carbonyl (C=O) groups excluding carboxylic acids is 2. The molecule has 0 saturated carbocycles. The molecule has 1 fully saturated rings. The van der Waals surface area contributed by atoms with Gasteiger partial charge in [-0.15, -0.1) is 0 Å². The van der Waals surface area contributed by atoms with Crippen LogP contribution in [0.25, 0.3) is 0 Å². The number of alkyl halides is 2.